The van der Waals surface area contributed by atoms with Crippen LogP contribution in [0.2, 0.25) is 0 Å². The third-order valence-corrected chi connectivity index (χ3v) is 2.86. The summed E-state index contributed by atoms with van der Waals surface area (Å²) in [4.78, 5) is 0. The predicted molar refractivity (Wildman–Crippen MR) is 70.0 cm³/mol. The van der Waals surface area contributed by atoms with E-state index in [-0.39, 0.29) is 0 Å². The van der Waals surface area contributed by atoms with Gasteiger partial charge in [0.2, 0.25) is 0 Å². The highest BCUT2D eigenvalue weighted by Gasteiger charge is 2.15. The van der Waals surface area contributed by atoms with Gasteiger partial charge in [0.05, 0.1) is 12.6 Å². The zero-order chi connectivity index (χ0) is 13.8. The van der Waals surface area contributed by atoms with E-state index in [0.717, 1.165) is 17.7 Å². The van der Waals surface area contributed by atoms with Crippen molar-refractivity contribution in [1.82, 2.24) is 0 Å². The summed E-state index contributed by atoms with van der Waals surface area (Å²) in [5.41, 5.74) is 7.35. The first-order chi connectivity index (χ1) is 9.13. The molecule has 2 nitrogen and oxygen atoms in total. The second kappa shape index (κ2) is 5.80. The molecule has 0 spiro atoms. The third-order valence-electron chi connectivity index (χ3n) is 2.86. The van der Waals surface area contributed by atoms with E-state index in [9.17, 15) is 8.78 Å². The van der Waals surface area contributed by atoms with Crippen molar-refractivity contribution in [3.63, 3.8) is 0 Å². The summed E-state index contributed by atoms with van der Waals surface area (Å²) in [5, 5.41) is 0. The summed E-state index contributed by atoms with van der Waals surface area (Å²) in [7, 11) is 0. The molecular weight excluding hydrogens is 248 g/mol. The predicted octanol–water partition coefficient (Wildman–Crippen LogP) is 3.41. The number of halogens is 2. The molecule has 0 amide bonds. The van der Waals surface area contributed by atoms with Crippen molar-refractivity contribution in [3.8, 4) is 5.75 Å². The Bertz CT molecular complexity index is 572. The van der Waals surface area contributed by atoms with E-state index < -0.39 is 17.7 Å². The van der Waals surface area contributed by atoms with Gasteiger partial charge in [0.25, 0.3) is 0 Å². The van der Waals surface area contributed by atoms with E-state index in [0.29, 0.717) is 17.9 Å². The zero-order valence-corrected chi connectivity index (χ0v) is 10.6. The minimum Gasteiger partial charge on any atom is -0.494 e. The van der Waals surface area contributed by atoms with Crippen LogP contribution >= 0.6 is 0 Å². The molecule has 1 atom stereocenters. The summed E-state index contributed by atoms with van der Waals surface area (Å²) in [6.45, 7) is 2.39. The molecule has 4 heteroatoms. The molecule has 0 saturated heterocycles. The number of rotatable bonds is 4. The van der Waals surface area contributed by atoms with Crippen molar-refractivity contribution in [2.24, 2.45) is 5.73 Å². The molecule has 0 heterocycles. The van der Waals surface area contributed by atoms with E-state index in [4.69, 9.17) is 10.5 Å². The Morgan fingerprint density at radius 2 is 1.84 bits per heavy atom. The summed E-state index contributed by atoms with van der Waals surface area (Å²) < 4.78 is 31.7. The maximum absolute atomic E-state index is 13.2. The van der Waals surface area contributed by atoms with Crippen LogP contribution in [0.4, 0.5) is 8.78 Å². The Kier molecular flexibility index (Phi) is 4.12. The molecule has 2 aromatic carbocycles. The van der Waals surface area contributed by atoms with Crippen LogP contribution in [0.15, 0.2) is 42.5 Å². The number of ether oxygens (including phenoxy) is 1. The lowest BCUT2D eigenvalue weighted by molar-refractivity contribution is 0.335. The van der Waals surface area contributed by atoms with Crippen LogP contribution in [0.5, 0.6) is 5.75 Å². The lowest BCUT2D eigenvalue weighted by Crippen LogP contribution is -2.14. The fourth-order valence-corrected chi connectivity index (χ4v) is 1.91. The lowest BCUT2D eigenvalue weighted by Gasteiger charge is -2.17. The maximum Gasteiger partial charge on any atom is 0.159 e. The molecule has 100 valence electrons. The maximum atomic E-state index is 13.2. The highest BCUT2D eigenvalue weighted by molar-refractivity contribution is 5.41. The average molecular weight is 263 g/mol. The smallest absolute Gasteiger partial charge is 0.159 e. The van der Waals surface area contributed by atoms with Crippen molar-refractivity contribution < 1.29 is 13.5 Å². The Labute approximate surface area is 110 Å². The summed E-state index contributed by atoms with van der Waals surface area (Å²) in [6.07, 6.45) is 0. The van der Waals surface area contributed by atoms with Crippen LogP contribution in [0.3, 0.4) is 0 Å². The highest BCUT2D eigenvalue weighted by Crippen LogP contribution is 2.28. The standard InChI is InChI=1S/C15H15F2NO/c1-2-19-14-6-4-3-5-11(14)15(18)10-7-8-12(16)13(17)9-10/h3-9,15H,2,18H2,1H3. The first kappa shape index (κ1) is 13.5. The molecule has 0 aliphatic rings. The van der Waals surface area contributed by atoms with E-state index >= 15 is 0 Å². The second-order valence-corrected chi connectivity index (χ2v) is 4.12. The van der Waals surface area contributed by atoms with Gasteiger partial charge in [0.15, 0.2) is 11.6 Å². The Balaban J connectivity index is 2.37. The molecule has 2 aromatic rings. The number of benzene rings is 2. The van der Waals surface area contributed by atoms with Gasteiger partial charge in [-0.2, -0.15) is 0 Å². The number of hydrogen-bond acceptors (Lipinski definition) is 2. The van der Waals surface area contributed by atoms with Crippen LogP contribution in [-0.4, -0.2) is 6.61 Å². The monoisotopic (exact) mass is 263 g/mol. The molecule has 0 aliphatic carbocycles. The first-order valence-corrected chi connectivity index (χ1v) is 6.05. The molecule has 0 saturated carbocycles. The zero-order valence-electron chi connectivity index (χ0n) is 10.6. The van der Waals surface area contributed by atoms with Crippen LogP contribution in [-0.2, 0) is 0 Å². The normalized spacial score (nSPS) is 12.2. The van der Waals surface area contributed by atoms with Gasteiger partial charge >= 0.3 is 0 Å². The van der Waals surface area contributed by atoms with Crippen LogP contribution < -0.4 is 10.5 Å². The van der Waals surface area contributed by atoms with Gasteiger partial charge in [-0.05, 0) is 30.7 Å². The fraction of sp³-hybridized carbons (Fsp3) is 0.200. The first-order valence-electron chi connectivity index (χ1n) is 6.05. The molecule has 19 heavy (non-hydrogen) atoms. The van der Waals surface area contributed by atoms with Crippen molar-refractivity contribution in [2.45, 2.75) is 13.0 Å². The van der Waals surface area contributed by atoms with Gasteiger partial charge in [-0.15, -0.1) is 0 Å². The van der Waals surface area contributed by atoms with E-state index in [1.54, 1.807) is 6.07 Å². The van der Waals surface area contributed by atoms with Gasteiger partial charge in [0.1, 0.15) is 5.75 Å². The second-order valence-electron chi connectivity index (χ2n) is 4.12. The van der Waals surface area contributed by atoms with Gasteiger partial charge in [-0.1, -0.05) is 24.3 Å². The minimum atomic E-state index is -0.901. The van der Waals surface area contributed by atoms with Gasteiger partial charge < -0.3 is 10.5 Å². The molecule has 1 unspecified atom stereocenters. The topological polar surface area (TPSA) is 35.2 Å². The summed E-state index contributed by atoms with van der Waals surface area (Å²) in [5.74, 6) is -1.13. The Morgan fingerprint density at radius 1 is 1.11 bits per heavy atom. The van der Waals surface area contributed by atoms with E-state index in [1.165, 1.54) is 6.07 Å². The number of hydrogen-bond donors (Lipinski definition) is 1. The van der Waals surface area contributed by atoms with Crippen molar-refractivity contribution >= 4 is 0 Å². The molecular formula is C15H15F2NO. The molecule has 0 aliphatic heterocycles. The van der Waals surface area contributed by atoms with Crippen LogP contribution in [0, 0.1) is 11.6 Å². The molecule has 0 radical (unpaired) electrons. The lowest BCUT2D eigenvalue weighted by atomic mass is 9.98. The van der Waals surface area contributed by atoms with Crippen LogP contribution in [0.1, 0.15) is 24.1 Å². The average Bonchev–Trinajstić information content (AvgIpc) is 2.42. The Morgan fingerprint density at radius 3 is 2.53 bits per heavy atom. The number of para-hydroxylation sites is 1. The molecule has 0 aromatic heterocycles. The third kappa shape index (κ3) is 2.90. The largest absolute Gasteiger partial charge is 0.494 e. The van der Waals surface area contributed by atoms with Crippen LogP contribution in [0.25, 0.3) is 0 Å². The molecule has 0 fully saturated rings. The summed E-state index contributed by atoms with van der Waals surface area (Å²) >= 11 is 0. The molecule has 2 rings (SSSR count). The Hall–Kier alpha value is -1.94. The van der Waals surface area contributed by atoms with Crippen molar-refractivity contribution in [2.75, 3.05) is 6.61 Å². The quantitative estimate of drug-likeness (QED) is 0.917. The van der Waals surface area contributed by atoms with Crippen molar-refractivity contribution in [3.05, 3.63) is 65.2 Å². The number of nitrogens with two attached hydrogens (primary N) is 1. The fourth-order valence-electron chi connectivity index (χ4n) is 1.91. The van der Waals surface area contributed by atoms with Gasteiger partial charge in [-0.3, -0.25) is 0 Å². The molecule has 2 N–H and O–H groups in total. The van der Waals surface area contributed by atoms with Gasteiger partial charge in [0, 0.05) is 5.56 Å². The van der Waals surface area contributed by atoms with Crippen molar-refractivity contribution in [1.29, 1.82) is 0 Å². The van der Waals surface area contributed by atoms with E-state index in [2.05, 4.69) is 0 Å². The summed E-state index contributed by atoms with van der Waals surface area (Å²) in [6, 6.07) is 10.4. The minimum absolute atomic E-state index is 0.506. The van der Waals surface area contributed by atoms with Gasteiger partial charge in [-0.25, -0.2) is 8.78 Å². The SMILES string of the molecule is CCOc1ccccc1C(N)c1ccc(F)c(F)c1. The van der Waals surface area contributed by atoms with E-state index in [1.807, 2.05) is 25.1 Å². The molecule has 0 bridgehead atoms. The highest BCUT2D eigenvalue weighted by atomic mass is 19.2.